The quantitative estimate of drug-likeness (QED) is 0.743. The second kappa shape index (κ2) is 8.08. The number of thiophene rings is 1. The molecule has 0 unspecified atom stereocenters. The molecule has 1 aliphatic carbocycles. The molecule has 0 spiro atoms. The Kier molecular flexibility index (Phi) is 5.68. The van der Waals surface area contributed by atoms with Gasteiger partial charge in [-0.25, -0.2) is 8.42 Å². The van der Waals surface area contributed by atoms with Crippen molar-refractivity contribution in [2.75, 3.05) is 16.8 Å². The van der Waals surface area contributed by atoms with E-state index in [4.69, 9.17) is 11.6 Å². The summed E-state index contributed by atoms with van der Waals surface area (Å²) in [6, 6.07) is 6.36. The molecule has 1 aromatic carbocycles. The van der Waals surface area contributed by atoms with E-state index < -0.39 is 15.9 Å². The van der Waals surface area contributed by atoms with Crippen molar-refractivity contribution < 1.29 is 18.0 Å². The Balaban J connectivity index is 1.62. The minimum absolute atomic E-state index is 0.0353. The molecule has 1 atom stereocenters. The molecule has 0 saturated carbocycles. The van der Waals surface area contributed by atoms with Crippen LogP contribution in [0.3, 0.4) is 0 Å². The number of sulfone groups is 1. The molecule has 2 aromatic rings. The van der Waals surface area contributed by atoms with Crippen LogP contribution in [-0.2, 0) is 22.7 Å². The highest BCUT2D eigenvalue weighted by molar-refractivity contribution is 7.91. The molecule has 6 nitrogen and oxygen atoms in total. The van der Waals surface area contributed by atoms with Crippen LogP contribution in [0.1, 0.15) is 50.4 Å². The number of nitrogens with one attached hydrogen (secondary N) is 2. The lowest BCUT2D eigenvalue weighted by Crippen LogP contribution is -2.36. The van der Waals surface area contributed by atoms with Gasteiger partial charge in [0, 0.05) is 10.9 Å². The molecule has 0 bridgehead atoms. The first-order valence-electron chi connectivity index (χ1n) is 9.56. The van der Waals surface area contributed by atoms with E-state index in [-0.39, 0.29) is 23.3 Å². The maximum atomic E-state index is 13.1. The van der Waals surface area contributed by atoms with Crippen LogP contribution in [-0.4, -0.2) is 37.8 Å². The molecule has 1 aliphatic heterocycles. The predicted octanol–water partition coefficient (Wildman–Crippen LogP) is 3.45. The molecule has 29 heavy (non-hydrogen) atoms. The zero-order valence-corrected chi connectivity index (χ0v) is 18.1. The van der Waals surface area contributed by atoms with Gasteiger partial charge in [0.1, 0.15) is 5.00 Å². The average Bonchev–Trinajstić information content (AvgIpc) is 3.20. The van der Waals surface area contributed by atoms with Gasteiger partial charge in [-0.1, -0.05) is 23.7 Å². The van der Waals surface area contributed by atoms with E-state index in [1.54, 1.807) is 24.3 Å². The molecule has 9 heteroatoms. The van der Waals surface area contributed by atoms with Crippen molar-refractivity contribution >= 4 is 49.6 Å². The normalized spacial score (nSPS) is 20.1. The van der Waals surface area contributed by atoms with Gasteiger partial charge >= 0.3 is 0 Å². The molecule has 4 rings (SSSR count). The summed E-state index contributed by atoms with van der Waals surface area (Å²) in [5.41, 5.74) is 1.78. The summed E-state index contributed by atoms with van der Waals surface area (Å²) in [6.45, 7) is 0. The Labute approximate surface area is 178 Å². The number of amides is 2. The number of benzene rings is 1. The zero-order valence-electron chi connectivity index (χ0n) is 15.7. The molecule has 2 aliphatic rings. The van der Waals surface area contributed by atoms with Crippen molar-refractivity contribution in [3.05, 3.63) is 50.9 Å². The third kappa shape index (κ3) is 4.34. The van der Waals surface area contributed by atoms with Crippen LogP contribution in [0, 0.1) is 0 Å². The second-order valence-corrected chi connectivity index (χ2v) is 11.2. The van der Waals surface area contributed by atoms with Gasteiger partial charge in [0.2, 0.25) is 0 Å². The summed E-state index contributed by atoms with van der Waals surface area (Å²) >= 11 is 7.56. The van der Waals surface area contributed by atoms with Crippen molar-refractivity contribution in [2.45, 2.75) is 38.1 Å². The largest absolute Gasteiger partial charge is 0.348 e. The third-order valence-corrected chi connectivity index (χ3v) is 8.62. The molecule has 2 N–H and O–H groups in total. The first kappa shape index (κ1) is 20.4. The van der Waals surface area contributed by atoms with Crippen LogP contribution in [0.15, 0.2) is 24.3 Å². The molecule has 1 aromatic heterocycles. The number of anilines is 1. The van der Waals surface area contributed by atoms with Crippen molar-refractivity contribution in [2.24, 2.45) is 0 Å². The van der Waals surface area contributed by atoms with Crippen LogP contribution in [0.5, 0.6) is 0 Å². The van der Waals surface area contributed by atoms with Crippen molar-refractivity contribution in [1.82, 2.24) is 5.32 Å². The van der Waals surface area contributed by atoms with E-state index in [0.29, 0.717) is 27.6 Å². The predicted molar refractivity (Wildman–Crippen MR) is 115 cm³/mol. The van der Waals surface area contributed by atoms with Gasteiger partial charge in [0.15, 0.2) is 9.84 Å². The van der Waals surface area contributed by atoms with E-state index in [2.05, 4.69) is 10.6 Å². The maximum Gasteiger partial charge on any atom is 0.257 e. The molecule has 2 heterocycles. The van der Waals surface area contributed by atoms with E-state index in [0.717, 1.165) is 36.1 Å². The molecule has 1 saturated heterocycles. The maximum absolute atomic E-state index is 13.1. The van der Waals surface area contributed by atoms with Gasteiger partial charge in [-0.3, -0.25) is 9.59 Å². The topological polar surface area (TPSA) is 92.3 Å². The summed E-state index contributed by atoms with van der Waals surface area (Å²) in [5, 5.41) is 6.57. The molecule has 0 radical (unpaired) electrons. The summed E-state index contributed by atoms with van der Waals surface area (Å²) in [6.07, 6.45) is 4.11. The smallest absolute Gasteiger partial charge is 0.257 e. The Hall–Kier alpha value is -1.90. The van der Waals surface area contributed by atoms with Crippen LogP contribution in [0.2, 0.25) is 5.02 Å². The van der Waals surface area contributed by atoms with Gasteiger partial charge in [-0.15, -0.1) is 11.3 Å². The summed E-state index contributed by atoms with van der Waals surface area (Å²) in [7, 11) is -3.09. The number of fused-ring (bicyclic) bond motifs is 1. The minimum atomic E-state index is -3.09. The fourth-order valence-corrected chi connectivity index (χ4v) is 7.05. The summed E-state index contributed by atoms with van der Waals surface area (Å²) in [4.78, 5) is 26.9. The van der Waals surface area contributed by atoms with Crippen molar-refractivity contribution in [3.63, 3.8) is 0 Å². The molecule has 2 amide bonds. The number of carbonyl (C=O) groups is 2. The standard InChI is InChI=1S/C20H21ClN2O4S2/c21-15-7-3-1-5-13(15)18(24)23-20-17(14-6-2-4-8-16(14)28-20)19(25)22-12-9-10-29(26,27)11-12/h1,3,5,7,12H,2,4,6,8-11H2,(H,22,25)(H,23,24)/t12-/m1/s1. The number of hydrogen-bond donors (Lipinski definition) is 2. The van der Waals surface area contributed by atoms with Gasteiger partial charge in [0.05, 0.1) is 27.7 Å². The SMILES string of the molecule is O=C(Nc1sc2c(c1C(=O)N[C@@H]1CCS(=O)(=O)C1)CCCC2)c1ccccc1Cl. The minimum Gasteiger partial charge on any atom is -0.348 e. The highest BCUT2D eigenvalue weighted by Crippen LogP contribution is 2.38. The van der Waals surface area contributed by atoms with Crippen LogP contribution < -0.4 is 10.6 Å². The summed E-state index contributed by atoms with van der Waals surface area (Å²) in [5.74, 6) is -0.630. The Morgan fingerprint density at radius 1 is 1.10 bits per heavy atom. The van der Waals surface area contributed by atoms with E-state index in [9.17, 15) is 18.0 Å². The van der Waals surface area contributed by atoms with Crippen LogP contribution in [0.4, 0.5) is 5.00 Å². The Morgan fingerprint density at radius 3 is 2.59 bits per heavy atom. The van der Waals surface area contributed by atoms with Crippen molar-refractivity contribution in [3.8, 4) is 0 Å². The fraction of sp³-hybridized carbons (Fsp3) is 0.400. The third-order valence-electron chi connectivity index (χ3n) is 5.31. The lowest BCUT2D eigenvalue weighted by molar-refractivity contribution is 0.0941. The Bertz CT molecular complexity index is 1080. The van der Waals surface area contributed by atoms with E-state index in [1.807, 2.05) is 0 Å². The van der Waals surface area contributed by atoms with E-state index in [1.165, 1.54) is 11.3 Å². The van der Waals surface area contributed by atoms with E-state index >= 15 is 0 Å². The van der Waals surface area contributed by atoms with Gasteiger partial charge in [0.25, 0.3) is 11.8 Å². The first-order valence-corrected chi connectivity index (χ1v) is 12.6. The molecule has 1 fully saturated rings. The van der Waals surface area contributed by atoms with Gasteiger partial charge in [-0.05, 0) is 49.8 Å². The van der Waals surface area contributed by atoms with Crippen molar-refractivity contribution in [1.29, 1.82) is 0 Å². The Morgan fingerprint density at radius 2 is 1.86 bits per heavy atom. The van der Waals surface area contributed by atoms with Crippen LogP contribution >= 0.6 is 22.9 Å². The fourth-order valence-electron chi connectivity index (χ4n) is 3.88. The monoisotopic (exact) mass is 452 g/mol. The number of aryl methyl sites for hydroxylation is 1. The highest BCUT2D eigenvalue weighted by atomic mass is 35.5. The van der Waals surface area contributed by atoms with Gasteiger partial charge < -0.3 is 10.6 Å². The number of hydrogen-bond acceptors (Lipinski definition) is 5. The molecule has 154 valence electrons. The number of carbonyl (C=O) groups excluding carboxylic acids is 2. The average molecular weight is 453 g/mol. The van der Waals surface area contributed by atoms with Crippen LogP contribution in [0.25, 0.3) is 0 Å². The second-order valence-electron chi connectivity index (χ2n) is 7.42. The highest BCUT2D eigenvalue weighted by Gasteiger charge is 2.32. The number of rotatable bonds is 4. The first-order chi connectivity index (χ1) is 13.8. The zero-order chi connectivity index (χ0) is 20.6. The lowest BCUT2D eigenvalue weighted by Gasteiger charge is -2.15. The van der Waals surface area contributed by atoms with Gasteiger partial charge in [-0.2, -0.15) is 0 Å². The lowest BCUT2D eigenvalue weighted by atomic mass is 9.95. The summed E-state index contributed by atoms with van der Waals surface area (Å²) < 4.78 is 23.4. The molecular formula is C20H21ClN2O4S2. The number of halogens is 1. The molecular weight excluding hydrogens is 432 g/mol.